The summed E-state index contributed by atoms with van der Waals surface area (Å²) in [5.74, 6) is 0.620. The van der Waals surface area contributed by atoms with Crippen molar-refractivity contribution < 1.29 is 4.42 Å². The zero-order valence-corrected chi connectivity index (χ0v) is 18.8. The maximum Gasteiger partial charge on any atom is 0.279 e. The molecule has 0 aliphatic carbocycles. The average Bonchev–Trinajstić information content (AvgIpc) is 3.30. The lowest BCUT2D eigenvalue weighted by Gasteiger charge is -2.14. The molecule has 0 N–H and O–H groups in total. The van der Waals surface area contributed by atoms with Gasteiger partial charge in [-0.2, -0.15) is 9.78 Å². The topological polar surface area (TPSA) is 60.9 Å². The summed E-state index contributed by atoms with van der Waals surface area (Å²) >= 11 is 16.3. The van der Waals surface area contributed by atoms with Crippen LogP contribution in [0.5, 0.6) is 0 Å². The molecule has 5 aromatic rings. The largest absolute Gasteiger partial charge is 0.444 e. The molecular formula is C23H12BrCl2N3O2. The Hall–Kier alpha value is -2.93. The number of hydrogen-bond donors (Lipinski definition) is 0. The van der Waals surface area contributed by atoms with Gasteiger partial charge in [-0.25, -0.2) is 4.98 Å². The summed E-state index contributed by atoms with van der Waals surface area (Å²) in [7, 11) is 0. The number of halogens is 3. The predicted octanol–water partition coefficient (Wildman–Crippen LogP) is 6.78. The first-order valence-corrected chi connectivity index (χ1v) is 10.7. The summed E-state index contributed by atoms with van der Waals surface area (Å²) in [6.07, 6.45) is 3.02. The molecule has 152 valence electrons. The molecule has 5 nitrogen and oxygen atoms in total. The van der Waals surface area contributed by atoms with E-state index in [-0.39, 0.29) is 5.56 Å². The van der Waals surface area contributed by atoms with Crippen LogP contribution >= 0.6 is 39.1 Å². The van der Waals surface area contributed by atoms with E-state index in [0.29, 0.717) is 38.0 Å². The zero-order chi connectivity index (χ0) is 21.5. The molecule has 0 aliphatic rings. The highest BCUT2D eigenvalue weighted by molar-refractivity contribution is 9.10. The maximum absolute atomic E-state index is 13.3. The Morgan fingerprint density at radius 2 is 1.61 bits per heavy atom. The molecule has 2 heterocycles. The molecule has 3 aromatic carbocycles. The second-order valence-corrected chi connectivity index (χ2v) is 8.51. The van der Waals surface area contributed by atoms with Gasteiger partial charge in [0.2, 0.25) is 0 Å². The number of benzene rings is 3. The van der Waals surface area contributed by atoms with E-state index in [4.69, 9.17) is 32.7 Å². The van der Waals surface area contributed by atoms with E-state index in [9.17, 15) is 4.79 Å². The molecule has 0 amide bonds. The van der Waals surface area contributed by atoms with E-state index in [2.05, 4.69) is 20.9 Å². The summed E-state index contributed by atoms with van der Waals surface area (Å²) in [4.78, 5) is 17.3. The van der Waals surface area contributed by atoms with E-state index in [1.807, 2.05) is 36.4 Å². The number of nitrogens with zero attached hydrogens (tertiary/aromatic N) is 3. The van der Waals surface area contributed by atoms with Crippen LogP contribution in [0.2, 0.25) is 10.0 Å². The number of aromatic nitrogens is 3. The fourth-order valence-corrected chi connectivity index (χ4v) is 4.52. The lowest BCUT2D eigenvalue weighted by molar-refractivity contribution is 0.572. The fourth-order valence-electron chi connectivity index (χ4n) is 3.47. The van der Waals surface area contributed by atoms with Gasteiger partial charge in [0.1, 0.15) is 5.69 Å². The van der Waals surface area contributed by atoms with E-state index in [0.717, 1.165) is 15.6 Å². The van der Waals surface area contributed by atoms with Gasteiger partial charge >= 0.3 is 0 Å². The van der Waals surface area contributed by atoms with Crippen LogP contribution in [0.4, 0.5) is 0 Å². The van der Waals surface area contributed by atoms with E-state index >= 15 is 0 Å². The normalized spacial score (nSPS) is 11.2. The van der Waals surface area contributed by atoms with Gasteiger partial charge < -0.3 is 4.42 Å². The van der Waals surface area contributed by atoms with Crippen LogP contribution in [-0.2, 0) is 0 Å². The van der Waals surface area contributed by atoms with Crippen molar-refractivity contribution in [2.75, 3.05) is 0 Å². The van der Waals surface area contributed by atoms with Crippen molar-refractivity contribution in [3.63, 3.8) is 0 Å². The molecule has 0 saturated carbocycles. The minimum Gasteiger partial charge on any atom is -0.444 e. The molecule has 5 rings (SSSR count). The minimum absolute atomic E-state index is 0.306. The van der Waals surface area contributed by atoms with Crippen LogP contribution in [-0.4, -0.2) is 14.8 Å². The quantitative estimate of drug-likeness (QED) is 0.267. The molecule has 0 bridgehead atoms. The number of hydrogen-bond acceptors (Lipinski definition) is 4. The average molecular weight is 513 g/mol. The SMILES string of the molecule is O=c1c2ccccc2c(-c2cc(Br)cc(-c3cnco3)c2)nn1-c1c(Cl)cccc1Cl. The predicted molar refractivity (Wildman–Crippen MR) is 126 cm³/mol. The van der Waals surface area contributed by atoms with Gasteiger partial charge in [0, 0.05) is 21.0 Å². The maximum atomic E-state index is 13.3. The van der Waals surface area contributed by atoms with Crippen molar-refractivity contribution in [2.45, 2.75) is 0 Å². The summed E-state index contributed by atoms with van der Waals surface area (Å²) in [5.41, 5.74) is 2.25. The zero-order valence-electron chi connectivity index (χ0n) is 15.7. The van der Waals surface area contributed by atoms with Crippen LogP contribution in [0.25, 0.3) is 39.0 Å². The summed E-state index contributed by atoms with van der Waals surface area (Å²) in [6.45, 7) is 0. The number of fused-ring (bicyclic) bond motifs is 1. The first-order chi connectivity index (χ1) is 15.0. The summed E-state index contributed by atoms with van der Waals surface area (Å²) < 4.78 is 7.54. The van der Waals surface area contributed by atoms with Crippen molar-refractivity contribution >= 4 is 49.9 Å². The molecule has 0 spiro atoms. The van der Waals surface area contributed by atoms with Gasteiger partial charge in [0.25, 0.3) is 5.56 Å². The van der Waals surface area contributed by atoms with Crippen molar-refractivity contribution in [3.8, 4) is 28.3 Å². The molecule has 31 heavy (non-hydrogen) atoms. The van der Waals surface area contributed by atoms with Crippen molar-refractivity contribution in [3.05, 3.63) is 98.1 Å². The molecule has 0 atom stereocenters. The Labute approximate surface area is 195 Å². The Bertz CT molecular complexity index is 1480. The van der Waals surface area contributed by atoms with Crippen molar-refractivity contribution in [2.24, 2.45) is 0 Å². The monoisotopic (exact) mass is 511 g/mol. The van der Waals surface area contributed by atoms with Gasteiger partial charge in [-0.1, -0.05) is 63.4 Å². The van der Waals surface area contributed by atoms with Gasteiger partial charge in [-0.15, -0.1) is 0 Å². The first-order valence-electron chi connectivity index (χ1n) is 9.19. The Morgan fingerprint density at radius 1 is 0.903 bits per heavy atom. The fraction of sp³-hybridized carbons (Fsp3) is 0. The first kappa shape index (κ1) is 20.0. The number of para-hydroxylation sites is 1. The molecule has 0 saturated heterocycles. The van der Waals surface area contributed by atoms with Gasteiger partial charge in [0.05, 0.1) is 27.3 Å². The highest BCUT2D eigenvalue weighted by atomic mass is 79.9. The van der Waals surface area contributed by atoms with E-state index in [1.54, 1.807) is 30.5 Å². The van der Waals surface area contributed by atoms with E-state index < -0.39 is 0 Å². The third-order valence-electron chi connectivity index (χ3n) is 4.84. The molecule has 2 aromatic heterocycles. The summed E-state index contributed by atoms with van der Waals surface area (Å²) in [6, 6.07) is 18.2. The van der Waals surface area contributed by atoms with Gasteiger partial charge in [-0.05, 0) is 36.4 Å². The van der Waals surface area contributed by atoms with Crippen LogP contribution in [0.3, 0.4) is 0 Å². The Morgan fingerprint density at radius 3 is 2.32 bits per heavy atom. The lowest BCUT2D eigenvalue weighted by atomic mass is 10.0. The Kier molecular flexibility index (Phi) is 5.14. The molecule has 8 heteroatoms. The molecule has 0 radical (unpaired) electrons. The van der Waals surface area contributed by atoms with Crippen molar-refractivity contribution in [1.82, 2.24) is 14.8 Å². The van der Waals surface area contributed by atoms with Crippen molar-refractivity contribution in [1.29, 1.82) is 0 Å². The molecule has 0 aliphatic heterocycles. The second kappa shape index (κ2) is 7.96. The molecule has 0 unspecified atom stereocenters. The highest BCUT2D eigenvalue weighted by Gasteiger charge is 2.18. The smallest absolute Gasteiger partial charge is 0.279 e. The third-order valence-corrected chi connectivity index (χ3v) is 5.91. The third kappa shape index (κ3) is 3.57. The van der Waals surface area contributed by atoms with E-state index in [1.165, 1.54) is 11.1 Å². The Balaban J connectivity index is 1.85. The highest BCUT2D eigenvalue weighted by Crippen LogP contribution is 2.34. The standard InChI is InChI=1S/C23H12BrCl2N3O2/c24-15-9-13(20-11-27-12-31-20)8-14(10-15)21-16-4-1-2-5-17(16)23(30)29(28-21)22-18(25)6-3-7-19(22)26/h1-12H. The summed E-state index contributed by atoms with van der Waals surface area (Å²) in [5, 5.41) is 6.58. The number of oxazole rings is 1. The number of rotatable bonds is 3. The van der Waals surface area contributed by atoms with Gasteiger partial charge in [0.15, 0.2) is 12.2 Å². The molecule has 0 fully saturated rings. The van der Waals surface area contributed by atoms with Gasteiger partial charge in [-0.3, -0.25) is 4.79 Å². The second-order valence-electron chi connectivity index (χ2n) is 6.78. The van der Waals surface area contributed by atoms with Crippen LogP contribution in [0.1, 0.15) is 0 Å². The lowest BCUT2D eigenvalue weighted by Crippen LogP contribution is -2.22. The van der Waals surface area contributed by atoms with Crippen LogP contribution < -0.4 is 5.56 Å². The minimum atomic E-state index is -0.306. The van der Waals surface area contributed by atoms with Crippen LogP contribution in [0, 0.1) is 0 Å². The molecular weight excluding hydrogens is 501 g/mol. The van der Waals surface area contributed by atoms with Crippen LogP contribution in [0.15, 0.2) is 86.9 Å².